The van der Waals surface area contributed by atoms with Crippen molar-refractivity contribution in [1.29, 1.82) is 0 Å². The van der Waals surface area contributed by atoms with E-state index in [-0.39, 0.29) is 18.2 Å². The number of carbonyl (C=O) groups is 1. The topological polar surface area (TPSA) is 108 Å². The molecule has 2 atom stereocenters. The van der Waals surface area contributed by atoms with E-state index in [9.17, 15) is 19.4 Å². The molecule has 32 heavy (non-hydrogen) atoms. The summed E-state index contributed by atoms with van der Waals surface area (Å²) in [4.78, 5) is 15.1. The van der Waals surface area contributed by atoms with Gasteiger partial charge in [0.1, 0.15) is 5.82 Å². The van der Waals surface area contributed by atoms with Crippen molar-refractivity contribution in [2.45, 2.75) is 44.8 Å². The van der Waals surface area contributed by atoms with E-state index in [1.54, 1.807) is 35.2 Å². The number of pyridine rings is 1. The summed E-state index contributed by atoms with van der Waals surface area (Å²) in [6.45, 7) is 3.98. The van der Waals surface area contributed by atoms with Gasteiger partial charge in [-0.2, -0.15) is 5.10 Å². The molecule has 0 aliphatic heterocycles. The fraction of sp³-hybridized carbons (Fsp3) is 0.292. The Bertz CT molecular complexity index is 1080. The van der Waals surface area contributed by atoms with Gasteiger partial charge in [-0.25, -0.2) is 14.1 Å². The first-order valence-corrected chi connectivity index (χ1v) is 10.3. The van der Waals surface area contributed by atoms with Crippen molar-refractivity contribution in [3.8, 4) is 17.1 Å². The van der Waals surface area contributed by atoms with E-state index >= 15 is 0 Å². The largest absolute Gasteiger partial charge is 0.481 e. The number of hydrogen-bond acceptors (Lipinski definition) is 5. The smallest absolute Gasteiger partial charge is 0.305 e. The minimum absolute atomic E-state index is 0.0357. The number of hydrogen-bond donors (Lipinski definition) is 3. The highest BCUT2D eigenvalue weighted by Gasteiger charge is 2.22. The number of rotatable bonds is 9. The number of aliphatic carboxylic acids is 1. The van der Waals surface area contributed by atoms with Crippen LogP contribution < -0.4 is 0 Å². The van der Waals surface area contributed by atoms with Crippen LogP contribution in [0.15, 0.2) is 54.7 Å². The lowest BCUT2D eigenvalue weighted by atomic mass is 9.98. The average molecular weight is 439 g/mol. The van der Waals surface area contributed by atoms with Crippen molar-refractivity contribution in [2.75, 3.05) is 0 Å². The summed E-state index contributed by atoms with van der Waals surface area (Å²) in [6, 6.07) is 11.5. The van der Waals surface area contributed by atoms with E-state index in [2.05, 4.69) is 4.98 Å². The Hall–Kier alpha value is -3.36. The molecule has 3 rings (SSSR count). The van der Waals surface area contributed by atoms with Crippen LogP contribution in [0.4, 0.5) is 4.39 Å². The minimum Gasteiger partial charge on any atom is -0.481 e. The fourth-order valence-corrected chi connectivity index (χ4v) is 3.42. The summed E-state index contributed by atoms with van der Waals surface area (Å²) in [6.07, 6.45) is 2.10. The molecule has 0 radical (unpaired) electrons. The van der Waals surface area contributed by atoms with Crippen molar-refractivity contribution in [1.82, 2.24) is 14.8 Å². The molecule has 0 aliphatic carbocycles. The molecule has 2 unspecified atom stereocenters. The molecule has 0 fully saturated rings. The van der Waals surface area contributed by atoms with Crippen LogP contribution in [0.2, 0.25) is 0 Å². The van der Waals surface area contributed by atoms with E-state index < -0.39 is 24.6 Å². The number of benzene rings is 1. The fourth-order valence-electron chi connectivity index (χ4n) is 3.42. The van der Waals surface area contributed by atoms with Gasteiger partial charge in [-0.15, -0.1) is 0 Å². The third-order valence-corrected chi connectivity index (χ3v) is 4.89. The second kappa shape index (κ2) is 10.3. The molecule has 0 spiro atoms. The van der Waals surface area contributed by atoms with Crippen molar-refractivity contribution < 1.29 is 24.5 Å². The lowest BCUT2D eigenvalue weighted by Gasteiger charge is -2.11. The zero-order valence-corrected chi connectivity index (χ0v) is 17.9. The van der Waals surface area contributed by atoms with Gasteiger partial charge in [0.2, 0.25) is 0 Å². The molecular weight excluding hydrogens is 413 g/mol. The molecule has 3 aromatic rings. The van der Waals surface area contributed by atoms with Gasteiger partial charge in [0.15, 0.2) is 5.82 Å². The van der Waals surface area contributed by atoms with Gasteiger partial charge in [0.05, 0.1) is 30.0 Å². The lowest BCUT2D eigenvalue weighted by molar-refractivity contribution is -0.139. The molecule has 2 heterocycles. The standard InChI is InChI=1S/C24H26FN3O4/c1-15(2)23-20(11-10-18(29)13-19(30)14-22(31)32)24(16-6-8-17(25)9-7-16)28(27-23)21-5-3-4-12-26-21/h3-12,15,18-19,29-30H,13-14H2,1-2H3,(H,31,32)/b11-10+. The molecule has 0 bridgehead atoms. The summed E-state index contributed by atoms with van der Waals surface area (Å²) < 4.78 is 15.3. The van der Waals surface area contributed by atoms with Crippen LogP contribution in [0.1, 0.15) is 43.9 Å². The molecule has 1 aromatic carbocycles. The van der Waals surface area contributed by atoms with Gasteiger partial charge < -0.3 is 15.3 Å². The second-order valence-electron chi connectivity index (χ2n) is 7.82. The maximum Gasteiger partial charge on any atom is 0.305 e. The third kappa shape index (κ3) is 5.66. The Morgan fingerprint density at radius 2 is 1.88 bits per heavy atom. The van der Waals surface area contributed by atoms with Gasteiger partial charge in [0.25, 0.3) is 0 Å². The predicted molar refractivity (Wildman–Crippen MR) is 119 cm³/mol. The highest BCUT2D eigenvalue weighted by molar-refractivity contribution is 5.76. The van der Waals surface area contributed by atoms with E-state index in [1.807, 2.05) is 26.0 Å². The molecule has 7 nitrogen and oxygen atoms in total. The highest BCUT2D eigenvalue weighted by Crippen LogP contribution is 2.33. The minimum atomic E-state index is -1.16. The number of carboxylic acids is 1. The number of halogens is 1. The predicted octanol–water partition coefficient (Wildman–Crippen LogP) is 3.80. The van der Waals surface area contributed by atoms with E-state index in [1.165, 1.54) is 18.2 Å². The van der Waals surface area contributed by atoms with E-state index in [0.29, 0.717) is 11.5 Å². The molecule has 0 amide bonds. The molecule has 3 N–H and O–H groups in total. The Morgan fingerprint density at radius 1 is 1.16 bits per heavy atom. The molecule has 8 heteroatoms. The lowest BCUT2D eigenvalue weighted by Crippen LogP contribution is -2.19. The van der Waals surface area contributed by atoms with Crippen LogP contribution in [-0.4, -0.2) is 48.3 Å². The maximum absolute atomic E-state index is 13.6. The second-order valence-corrected chi connectivity index (χ2v) is 7.82. The van der Waals surface area contributed by atoms with Gasteiger partial charge in [0, 0.05) is 23.7 Å². The van der Waals surface area contributed by atoms with Gasteiger partial charge in [-0.05, 0) is 42.3 Å². The summed E-state index contributed by atoms with van der Waals surface area (Å²) in [5.41, 5.74) is 2.88. The van der Waals surface area contributed by atoms with Crippen LogP contribution >= 0.6 is 0 Å². The van der Waals surface area contributed by atoms with Crippen LogP contribution in [0, 0.1) is 5.82 Å². The number of aromatic nitrogens is 3. The average Bonchev–Trinajstić information content (AvgIpc) is 3.12. The quantitative estimate of drug-likeness (QED) is 0.468. The molecule has 168 valence electrons. The zero-order chi connectivity index (χ0) is 23.3. The Labute approximate surface area is 185 Å². The van der Waals surface area contributed by atoms with Gasteiger partial charge in [-0.1, -0.05) is 32.1 Å². The normalized spacial score (nSPS) is 13.6. The van der Waals surface area contributed by atoms with E-state index in [4.69, 9.17) is 10.2 Å². The number of aliphatic hydroxyl groups is 2. The van der Waals surface area contributed by atoms with Crippen LogP contribution in [0.3, 0.4) is 0 Å². The first-order valence-electron chi connectivity index (χ1n) is 10.3. The summed E-state index contributed by atoms with van der Waals surface area (Å²) in [7, 11) is 0. The van der Waals surface area contributed by atoms with Crippen LogP contribution in [0.5, 0.6) is 0 Å². The van der Waals surface area contributed by atoms with Gasteiger partial charge >= 0.3 is 5.97 Å². The zero-order valence-electron chi connectivity index (χ0n) is 17.9. The third-order valence-electron chi connectivity index (χ3n) is 4.89. The Morgan fingerprint density at radius 3 is 2.47 bits per heavy atom. The van der Waals surface area contributed by atoms with Crippen molar-refractivity contribution in [3.05, 3.63) is 71.8 Å². The SMILES string of the molecule is CC(C)c1nn(-c2ccccn2)c(-c2ccc(F)cc2)c1/C=C/C(O)CC(O)CC(=O)O. The van der Waals surface area contributed by atoms with Crippen LogP contribution in [-0.2, 0) is 4.79 Å². The molecule has 0 saturated carbocycles. The number of nitrogens with zero attached hydrogens (tertiary/aromatic N) is 3. The summed E-state index contributed by atoms with van der Waals surface area (Å²) >= 11 is 0. The molecule has 0 saturated heterocycles. The van der Waals surface area contributed by atoms with Crippen molar-refractivity contribution in [2.24, 2.45) is 0 Å². The first kappa shape index (κ1) is 23.3. The Kier molecular flexibility index (Phi) is 7.50. The molecular formula is C24H26FN3O4. The van der Waals surface area contributed by atoms with Crippen LogP contribution in [0.25, 0.3) is 23.2 Å². The number of aliphatic hydroxyl groups excluding tert-OH is 2. The van der Waals surface area contributed by atoms with E-state index in [0.717, 1.165) is 16.8 Å². The molecule has 2 aromatic heterocycles. The highest BCUT2D eigenvalue weighted by atomic mass is 19.1. The van der Waals surface area contributed by atoms with Gasteiger partial charge in [-0.3, -0.25) is 4.79 Å². The first-order chi connectivity index (χ1) is 15.3. The molecule has 0 aliphatic rings. The Balaban J connectivity index is 2.08. The summed E-state index contributed by atoms with van der Waals surface area (Å²) in [5, 5.41) is 33.7. The van der Waals surface area contributed by atoms with Crippen molar-refractivity contribution >= 4 is 12.0 Å². The summed E-state index contributed by atoms with van der Waals surface area (Å²) in [5.74, 6) is -0.868. The van der Waals surface area contributed by atoms with Crippen molar-refractivity contribution in [3.63, 3.8) is 0 Å². The maximum atomic E-state index is 13.6. The number of carboxylic acid groups (broad SMARTS) is 1. The monoisotopic (exact) mass is 439 g/mol.